The summed E-state index contributed by atoms with van der Waals surface area (Å²) in [7, 11) is -8.91. The fourth-order valence-electron chi connectivity index (χ4n) is 2.46. The van der Waals surface area contributed by atoms with Gasteiger partial charge in [-0.2, -0.15) is 16.8 Å². The van der Waals surface area contributed by atoms with Gasteiger partial charge in [0.2, 0.25) is 0 Å². The predicted octanol–water partition coefficient (Wildman–Crippen LogP) is 4.63. The molecule has 0 aliphatic carbocycles. The standard InChI is InChI=1S/C16H34O4S.H2O4S/c1-2-3-4-5-6-7-8-9-10-11-12-13-14-15-16-20-21(17,18)19;1-5(2,3)4/h2-16H2,1H3,(H,17,18,19);(H2,1,2,3,4). The van der Waals surface area contributed by atoms with Crippen LogP contribution >= 0.6 is 0 Å². The number of rotatable bonds is 16. The number of hydrogen-bond acceptors (Lipinski definition) is 5. The molecule has 0 heterocycles. The zero-order chi connectivity index (χ0) is 20.3. The molecule has 10 heteroatoms. The molecule has 0 unspecified atom stereocenters. The molecule has 3 N–H and O–H groups in total. The smallest absolute Gasteiger partial charge is 0.264 e. The minimum Gasteiger partial charge on any atom is -0.264 e. The molecule has 0 rings (SSSR count). The Bertz CT molecular complexity index is 480. The Morgan fingerprint density at radius 3 is 1.12 bits per heavy atom. The molecule has 0 aromatic heterocycles. The van der Waals surface area contributed by atoms with Gasteiger partial charge in [0.25, 0.3) is 0 Å². The molecular weight excluding hydrogens is 384 g/mol. The van der Waals surface area contributed by atoms with Gasteiger partial charge in [-0.15, -0.1) is 0 Å². The van der Waals surface area contributed by atoms with Crippen molar-refractivity contribution in [2.75, 3.05) is 6.61 Å². The second-order valence-corrected chi connectivity index (χ2v) is 8.28. The Kier molecular flexibility index (Phi) is 19.5. The molecule has 0 aromatic carbocycles. The highest BCUT2D eigenvalue weighted by atomic mass is 32.3. The molecular formula is C16H36O8S2. The van der Waals surface area contributed by atoms with Crippen LogP contribution in [0.15, 0.2) is 0 Å². The van der Waals surface area contributed by atoms with Crippen LogP contribution in [0.5, 0.6) is 0 Å². The van der Waals surface area contributed by atoms with Gasteiger partial charge in [0.15, 0.2) is 0 Å². The average molecular weight is 421 g/mol. The van der Waals surface area contributed by atoms with E-state index in [1.54, 1.807) is 0 Å². The summed E-state index contributed by atoms with van der Waals surface area (Å²) in [5.41, 5.74) is 0. The lowest BCUT2D eigenvalue weighted by atomic mass is 10.0. The van der Waals surface area contributed by atoms with Crippen molar-refractivity contribution in [3.8, 4) is 0 Å². The Hall–Kier alpha value is -0.260. The summed E-state index contributed by atoms with van der Waals surface area (Å²) >= 11 is 0. The van der Waals surface area contributed by atoms with Gasteiger partial charge in [0, 0.05) is 0 Å². The van der Waals surface area contributed by atoms with Crippen LogP contribution < -0.4 is 0 Å². The van der Waals surface area contributed by atoms with E-state index in [4.69, 9.17) is 22.1 Å². The van der Waals surface area contributed by atoms with Gasteiger partial charge in [0.05, 0.1) is 6.61 Å². The summed E-state index contributed by atoms with van der Waals surface area (Å²) in [6.45, 7) is 2.35. The highest BCUT2D eigenvalue weighted by molar-refractivity contribution is 7.80. The molecule has 0 aliphatic heterocycles. The molecule has 26 heavy (non-hydrogen) atoms. The lowest BCUT2D eigenvalue weighted by molar-refractivity contribution is 0.261. The number of hydrogen-bond donors (Lipinski definition) is 3. The molecule has 8 nitrogen and oxygen atoms in total. The monoisotopic (exact) mass is 420 g/mol. The van der Waals surface area contributed by atoms with Crippen molar-refractivity contribution in [3.63, 3.8) is 0 Å². The summed E-state index contributed by atoms with van der Waals surface area (Å²) < 4.78 is 64.8. The second kappa shape index (κ2) is 18.1. The maximum Gasteiger partial charge on any atom is 0.397 e. The minimum atomic E-state index is -4.67. The van der Waals surface area contributed by atoms with E-state index in [0.29, 0.717) is 6.42 Å². The van der Waals surface area contributed by atoms with Crippen molar-refractivity contribution < 1.29 is 34.7 Å². The summed E-state index contributed by atoms with van der Waals surface area (Å²) in [4.78, 5) is 0. The van der Waals surface area contributed by atoms with E-state index in [1.165, 1.54) is 70.6 Å². The second-order valence-electron chi connectivity index (χ2n) is 6.29. The van der Waals surface area contributed by atoms with E-state index >= 15 is 0 Å². The first-order valence-corrected chi connectivity index (χ1v) is 12.1. The topological polar surface area (TPSA) is 138 Å². The van der Waals surface area contributed by atoms with Gasteiger partial charge in [-0.3, -0.25) is 13.7 Å². The summed E-state index contributed by atoms with van der Waals surface area (Å²) in [6.07, 6.45) is 17.6. The summed E-state index contributed by atoms with van der Waals surface area (Å²) in [5, 5.41) is 0. The quantitative estimate of drug-likeness (QED) is 0.242. The average Bonchev–Trinajstić information content (AvgIpc) is 2.48. The first-order valence-electron chi connectivity index (χ1n) is 9.38. The molecule has 0 aliphatic rings. The normalized spacial score (nSPS) is 11.8. The fourth-order valence-corrected chi connectivity index (χ4v) is 2.79. The third-order valence-electron chi connectivity index (χ3n) is 3.73. The van der Waals surface area contributed by atoms with E-state index in [-0.39, 0.29) is 6.61 Å². The fraction of sp³-hybridized carbons (Fsp3) is 1.00. The van der Waals surface area contributed by atoms with Crippen LogP contribution in [0.25, 0.3) is 0 Å². The largest absolute Gasteiger partial charge is 0.397 e. The van der Waals surface area contributed by atoms with E-state index in [1.807, 2.05) is 0 Å². The van der Waals surface area contributed by atoms with Crippen molar-refractivity contribution in [1.82, 2.24) is 0 Å². The van der Waals surface area contributed by atoms with Crippen LogP contribution in [-0.2, 0) is 25.0 Å². The van der Waals surface area contributed by atoms with Crippen molar-refractivity contribution >= 4 is 20.8 Å². The highest BCUT2D eigenvalue weighted by Crippen LogP contribution is 2.12. The van der Waals surface area contributed by atoms with Crippen LogP contribution in [-0.4, -0.2) is 37.1 Å². The Morgan fingerprint density at radius 1 is 0.577 bits per heavy atom. The molecule has 0 saturated heterocycles. The predicted molar refractivity (Wildman–Crippen MR) is 102 cm³/mol. The maximum atomic E-state index is 10.3. The van der Waals surface area contributed by atoms with Crippen LogP contribution in [0, 0.1) is 0 Å². The molecule has 0 spiro atoms. The lowest BCUT2D eigenvalue weighted by Crippen LogP contribution is -2.04. The molecule has 0 bridgehead atoms. The molecule has 0 fully saturated rings. The van der Waals surface area contributed by atoms with Gasteiger partial charge < -0.3 is 0 Å². The van der Waals surface area contributed by atoms with Crippen LogP contribution in [0.3, 0.4) is 0 Å². The zero-order valence-corrected chi connectivity index (χ0v) is 17.4. The molecule has 0 radical (unpaired) electrons. The van der Waals surface area contributed by atoms with Gasteiger partial charge in [-0.25, -0.2) is 4.18 Å². The van der Waals surface area contributed by atoms with Crippen molar-refractivity contribution in [1.29, 1.82) is 0 Å². The van der Waals surface area contributed by atoms with Gasteiger partial charge in [0.1, 0.15) is 0 Å². The van der Waals surface area contributed by atoms with E-state index in [2.05, 4.69) is 11.1 Å². The first kappa shape index (κ1) is 28.0. The molecule has 0 amide bonds. The van der Waals surface area contributed by atoms with E-state index in [9.17, 15) is 8.42 Å². The van der Waals surface area contributed by atoms with Gasteiger partial charge in [-0.1, -0.05) is 90.4 Å². The highest BCUT2D eigenvalue weighted by Gasteiger charge is 2.02. The Labute approximate surface area is 159 Å². The van der Waals surface area contributed by atoms with E-state index < -0.39 is 20.8 Å². The Balaban J connectivity index is 0. The molecule has 0 aromatic rings. The number of unbranched alkanes of at least 4 members (excludes halogenated alkanes) is 13. The summed E-state index contributed by atoms with van der Waals surface area (Å²) in [5.74, 6) is 0. The maximum absolute atomic E-state index is 10.3. The van der Waals surface area contributed by atoms with Gasteiger partial charge in [-0.05, 0) is 6.42 Å². The first-order chi connectivity index (χ1) is 12.1. The third-order valence-corrected chi connectivity index (χ3v) is 4.19. The van der Waals surface area contributed by atoms with Crippen LogP contribution in [0.2, 0.25) is 0 Å². The third kappa shape index (κ3) is 39.0. The van der Waals surface area contributed by atoms with Gasteiger partial charge >= 0.3 is 20.8 Å². The lowest BCUT2D eigenvalue weighted by Gasteiger charge is -2.03. The minimum absolute atomic E-state index is 0.0941. The SMILES string of the molecule is CCCCCCCCCCCCCCCCOS(=O)(=O)O.O=S(=O)(O)O. The van der Waals surface area contributed by atoms with Crippen molar-refractivity contribution in [2.45, 2.75) is 96.8 Å². The van der Waals surface area contributed by atoms with Crippen molar-refractivity contribution in [2.24, 2.45) is 0 Å². The van der Waals surface area contributed by atoms with Crippen LogP contribution in [0.1, 0.15) is 96.8 Å². The zero-order valence-electron chi connectivity index (χ0n) is 15.8. The molecule has 0 saturated carbocycles. The Morgan fingerprint density at radius 2 is 0.846 bits per heavy atom. The summed E-state index contributed by atoms with van der Waals surface area (Å²) in [6, 6.07) is 0. The van der Waals surface area contributed by atoms with E-state index in [0.717, 1.165) is 12.8 Å². The molecule has 0 atom stereocenters. The van der Waals surface area contributed by atoms with Crippen molar-refractivity contribution in [3.05, 3.63) is 0 Å². The molecule has 160 valence electrons. The van der Waals surface area contributed by atoms with Crippen LogP contribution in [0.4, 0.5) is 0 Å².